The van der Waals surface area contributed by atoms with Crippen LogP contribution in [0.15, 0.2) is 24.3 Å². The van der Waals surface area contributed by atoms with Gasteiger partial charge in [-0.05, 0) is 32.1 Å². The Balaban J connectivity index is 2.22. The fourth-order valence-corrected chi connectivity index (χ4v) is 7.64. The number of allylic oxidation sites excluding steroid dienone is 3. The summed E-state index contributed by atoms with van der Waals surface area (Å²) in [6.45, 7) is 3.73. The van der Waals surface area contributed by atoms with Crippen LogP contribution in [0.5, 0.6) is 0 Å². The van der Waals surface area contributed by atoms with E-state index in [-0.39, 0.29) is 12.5 Å². The molecule has 7 atom stereocenters. The third-order valence-electron chi connectivity index (χ3n) is 11.5. The van der Waals surface area contributed by atoms with Crippen LogP contribution in [0.25, 0.3) is 0 Å². The summed E-state index contributed by atoms with van der Waals surface area (Å²) in [5, 5.41) is 54.0. The zero-order valence-corrected chi connectivity index (χ0v) is 36.9. The smallest absolute Gasteiger partial charge is 0.220 e. The van der Waals surface area contributed by atoms with Crippen LogP contribution in [0.1, 0.15) is 219 Å². The monoisotopic (exact) mass is 810 g/mol. The molecular weight excluding hydrogens is 719 g/mol. The molecule has 6 N–H and O–H groups in total. The second-order valence-electron chi connectivity index (χ2n) is 16.9. The van der Waals surface area contributed by atoms with Gasteiger partial charge in [0.15, 0.2) is 6.29 Å². The molecular formula is C48H91NO8. The highest BCUT2D eigenvalue weighted by Crippen LogP contribution is 2.23. The minimum absolute atomic E-state index is 0.185. The number of ether oxygens (including phenoxy) is 2. The van der Waals surface area contributed by atoms with Crippen molar-refractivity contribution in [3.05, 3.63) is 24.3 Å². The summed E-state index contributed by atoms with van der Waals surface area (Å²) in [6.07, 6.45) is 39.6. The molecule has 0 bridgehead atoms. The molecule has 1 aliphatic heterocycles. The molecule has 0 aromatic rings. The van der Waals surface area contributed by atoms with Crippen LogP contribution in [0, 0.1) is 0 Å². The van der Waals surface area contributed by atoms with E-state index in [0.29, 0.717) is 6.42 Å². The van der Waals surface area contributed by atoms with Crippen LogP contribution < -0.4 is 5.32 Å². The lowest BCUT2D eigenvalue weighted by atomic mass is 9.99. The SMILES string of the molecule is CCCCCC/C=C/CC/C=C/C(O)C(COC1OC(CO)C(O)C(O)C1O)NC(=O)CCCCCCCCCCCCCCCCCCCCCCCCCC. The van der Waals surface area contributed by atoms with E-state index >= 15 is 0 Å². The highest BCUT2D eigenvalue weighted by atomic mass is 16.7. The van der Waals surface area contributed by atoms with E-state index in [4.69, 9.17) is 9.47 Å². The fraction of sp³-hybridized carbons (Fsp3) is 0.896. The lowest BCUT2D eigenvalue weighted by molar-refractivity contribution is -0.302. The van der Waals surface area contributed by atoms with Crippen LogP contribution in [-0.4, -0.2) is 87.5 Å². The van der Waals surface area contributed by atoms with Crippen LogP contribution in [-0.2, 0) is 14.3 Å². The molecule has 1 rings (SSSR count). The maximum Gasteiger partial charge on any atom is 0.220 e. The Kier molecular flexibility index (Phi) is 36.6. The van der Waals surface area contributed by atoms with E-state index in [9.17, 15) is 30.3 Å². The fourth-order valence-electron chi connectivity index (χ4n) is 7.64. The first-order chi connectivity index (χ1) is 27.8. The number of hydrogen-bond acceptors (Lipinski definition) is 8. The summed E-state index contributed by atoms with van der Waals surface area (Å²) in [5.41, 5.74) is 0. The molecule has 0 saturated carbocycles. The van der Waals surface area contributed by atoms with Crippen molar-refractivity contribution >= 4 is 5.91 Å². The summed E-state index contributed by atoms with van der Waals surface area (Å²) < 4.78 is 11.2. The molecule has 1 amide bonds. The Labute approximate surface area is 349 Å². The quantitative estimate of drug-likeness (QED) is 0.0265. The molecule has 1 fully saturated rings. The lowest BCUT2D eigenvalue weighted by Crippen LogP contribution is -2.60. The Morgan fingerprint density at radius 2 is 1.00 bits per heavy atom. The zero-order valence-electron chi connectivity index (χ0n) is 36.9. The number of aliphatic hydroxyl groups excluding tert-OH is 5. The van der Waals surface area contributed by atoms with Gasteiger partial charge in [-0.25, -0.2) is 0 Å². The molecule has 1 saturated heterocycles. The van der Waals surface area contributed by atoms with Crippen LogP contribution in [0.3, 0.4) is 0 Å². The summed E-state index contributed by atoms with van der Waals surface area (Å²) >= 11 is 0. The average Bonchev–Trinajstić information content (AvgIpc) is 3.21. The van der Waals surface area contributed by atoms with E-state index < -0.39 is 49.5 Å². The van der Waals surface area contributed by atoms with Gasteiger partial charge >= 0.3 is 0 Å². The molecule has 0 aromatic heterocycles. The first-order valence-corrected chi connectivity index (χ1v) is 24.1. The van der Waals surface area contributed by atoms with Crippen molar-refractivity contribution in [2.24, 2.45) is 0 Å². The third kappa shape index (κ3) is 29.5. The van der Waals surface area contributed by atoms with Gasteiger partial charge in [0, 0.05) is 6.42 Å². The van der Waals surface area contributed by atoms with E-state index in [0.717, 1.165) is 38.5 Å². The van der Waals surface area contributed by atoms with E-state index in [1.54, 1.807) is 6.08 Å². The highest BCUT2D eigenvalue weighted by Gasteiger charge is 2.44. The Hall–Kier alpha value is -1.33. The first-order valence-electron chi connectivity index (χ1n) is 24.1. The number of carbonyl (C=O) groups excluding carboxylic acids is 1. The maximum atomic E-state index is 12.9. The second kappa shape index (κ2) is 38.8. The second-order valence-corrected chi connectivity index (χ2v) is 16.9. The van der Waals surface area contributed by atoms with Gasteiger partial charge in [-0.2, -0.15) is 0 Å². The molecule has 9 nitrogen and oxygen atoms in total. The maximum absolute atomic E-state index is 12.9. The molecule has 0 spiro atoms. The van der Waals surface area contributed by atoms with Crippen molar-refractivity contribution in [2.75, 3.05) is 13.2 Å². The molecule has 9 heteroatoms. The van der Waals surface area contributed by atoms with Gasteiger partial charge < -0.3 is 40.3 Å². The number of carbonyl (C=O) groups is 1. The van der Waals surface area contributed by atoms with Gasteiger partial charge in [0.25, 0.3) is 0 Å². The predicted molar refractivity (Wildman–Crippen MR) is 235 cm³/mol. The summed E-state index contributed by atoms with van der Waals surface area (Å²) in [4.78, 5) is 12.9. The Bertz CT molecular complexity index is 945. The van der Waals surface area contributed by atoms with E-state index in [1.807, 2.05) is 6.08 Å². The minimum atomic E-state index is -1.57. The molecule has 336 valence electrons. The molecule has 0 radical (unpaired) electrons. The minimum Gasteiger partial charge on any atom is -0.394 e. The number of rotatable bonds is 40. The molecule has 57 heavy (non-hydrogen) atoms. The van der Waals surface area contributed by atoms with E-state index in [1.165, 1.54) is 161 Å². The van der Waals surface area contributed by atoms with Crippen molar-refractivity contribution in [1.82, 2.24) is 5.32 Å². The Morgan fingerprint density at radius 1 is 0.579 bits per heavy atom. The van der Waals surface area contributed by atoms with Gasteiger partial charge in [-0.3, -0.25) is 4.79 Å². The van der Waals surface area contributed by atoms with Crippen LogP contribution >= 0.6 is 0 Å². The van der Waals surface area contributed by atoms with Crippen molar-refractivity contribution < 1.29 is 39.8 Å². The number of aliphatic hydroxyl groups is 5. The van der Waals surface area contributed by atoms with Crippen LogP contribution in [0.2, 0.25) is 0 Å². The number of nitrogens with one attached hydrogen (secondary N) is 1. The van der Waals surface area contributed by atoms with Crippen LogP contribution in [0.4, 0.5) is 0 Å². The summed E-state index contributed by atoms with van der Waals surface area (Å²) in [6, 6.07) is -0.815. The van der Waals surface area contributed by atoms with Gasteiger partial charge in [0.1, 0.15) is 24.4 Å². The van der Waals surface area contributed by atoms with Gasteiger partial charge in [-0.1, -0.05) is 205 Å². The average molecular weight is 810 g/mol. The molecule has 0 aromatic carbocycles. The van der Waals surface area contributed by atoms with Crippen molar-refractivity contribution in [3.63, 3.8) is 0 Å². The summed E-state index contributed by atoms with van der Waals surface area (Å²) in [7, 11) is 0. The van der Waals surface area contributed by atoms with E-state index in [2.05, 4.69) is 31.3 Å². The number of amides is 1. The first kappa shape index (κ1) is 53.7. The van der Waals surface area contributed by atoms with Crippen molar-refractivity contribution in [1.29, 1.82) is 0 Å². The third-order valence-corrected chi connectivity index (χ3v) is 11.5. The normalized spacial score (nSPS) is 21.1. The van der Waals surface area contributed by atoms with Gasteiger partial charge in [-0.15, -0.1) is 0 Å². The number of hydrogen-bond donors (Lipinski definition) is 6. The lowest BCUT2D eigenvalue weighted by Gasteiger charge is -2.40. The summed E-state index contributed by atoms with van der Waals surface area (Å²) in [5.74, 6) is -0.185. The highest BCUT2D eigenvalue weighted by molar-refractivity contribution is 5.76. The van der Waals surface area contributed by atoms with Crippen molar-refractivity contribution in [2.45, 2.75) is 262 Å². The largest absolute Gasteiger partial charge is 0.394 e. The molecule has 1 aliphatic rings. The Morgan fingerprint density at radius 3 is 1.47 bits per heavy atom. The molecule has 0 aliphatic carbocycles. The molecule has 7 unspecified atom stereocenters. The number of unbranched alkanes of at least 4 members (excludes halogenated alkanes) is 28. The van der Waals surface area contributed by atoms with Gasteiger partial charge in [0.05, 0.1) is 25.4 Å². The predicted octanol–water partition coefficient (Wildman–Crippen LogP) is 10.3. The molecule has 1 heterocycles. The zero-order chi connectivity index (χ0) is 41.6. The topological polar surface area (TPSA) is 149 Å². The van der Waals surface area contributed by atoms with Gasteiger partial charge in [0.2, 0.25) is 5.91 Å². The van der Waals surface area contributed by atoms with Crippen molar-refractivity contribution in [3.8, 4) is 0 Å². The standard InChI is InChI=1S/C48H91NO8/c1-3-5-7-9-11-13-15-16-17-18-19-20-21-22-23-24-25-26-27-28-30-32-34-36-38-44(52)49-41(40-56-48-47(55)46(54)45(53)43(39-50)57-48)42(51)37-35-33-31-29-14-12-10-8-6-4-2/h14,29,35,37,41-43,45-48,50-51,53-55H,3-13,15-28,30-34,36,38-40H2,1-2H3,(H,49,52)/b29-14+,37-35+.